The highest BCUT2D eigenvalue weighted by Gasteiger charge is 2.44. The lowest BCUT2D eigenvalue weighted by Crippen LogP contribution is -2.48. The predicted molar refractivity (Wildman–Crippen MR) is 140 cm³/mol. The van der Waals surface area contributed by atoms with Crippen LogP contribution >= 0.6 is 0 Å². The molecule has 0 saturated heterocycles. The smallest absolute Gasteiger partial charge is 0.422 e. The lowest BCUT2D eigenvalue weighted by Gasteiger charge is -2.42. The van der Waals surface area contributed by atoms with Crippen LogP contribution in [0.5, 0.6) is 5.75 Å². The van der Waals surface area contributed by atoms with Crippen LogP contribution in [0.4, 0.5) is 13.2 Å². The fraction of sp³-hybridized carbons (Fsp3) is 0.370. The Balaban J connectivity index is 1.48. The molecular formula is C27H29F3N4O4Si. The predicted octanol–water partition coefficient (Wildman–Crippen LogP) is 6.86. The summed E-state index contributed by atoms with van der Waals surface area (Å²) in [4.78, 5) is 4.19. The molecule has 0 aliphatic carbocycles. The molecule has 206 valence electrons. The van der Waals surface area contributed by atoms with Crippen molar-refractivity contribution in [1.29, 1.82) is 0 Å². The van der Waals surface area contributed by atoms with Crippen molar-refractivity contribution in [2.24, 2.45) is 5.73 Å². The Labute approximate surface area is 224 Å². The van der Waals surface area contributed by atoms with Crippen LogP contribution in [0.15, 0.2) is 57.6 Å². The number of alkyl halides is 3. The zero-order valence-corrected chi connectivity index (χ0v) is 23.2. The molecule has 0 fully saturated rings. The number of aromatic nitrogens is 3. The molecule has 1 aliphatic rings. The number of ether oxygens (including phenoxy) is 1. The third-order valence-corrected chi connectivity index (χ3v) is 11.7. The van der Waals surface area contributed by atoms with Gasteiger partial charge in [0.25, 0.3) is 5.89 Å². The summed E-state index contributed by atoms with van der Waals surface area (Å²) in [7, 11) is -2.14. The molecule has 2 aromatic carbocycles. The Morgan fingerprint density at radius 3 is 2.36 bits per heavy atom. The average molecular weight is 559 g/mol. The van der Waals surface area contributed by atoms with Crippen molar-refractivity contribution in [2.45, 2.75) is 57.2 Å². The number of nitrogens with two attached hydrogens (primary N) is 1. The molecule has 2 aromatic heterocycles. The summed E-state index contributed by atoms with van der Waals surface area (Å²) in [6, 6.07) is 12.9. The van der Waals surface area contributed by atoms with Gasteiger partial charge in [0.05, 0.1) is 12.1 Å². The number of hydrogen-bond donors (Lipinski definition) is 1. The molecule has 3 heterocycles. The van der Waals surface area contributed by atoms with Crippen LogP contribution in [0.3, 0.4) is 0 Å². The number of halogens is 3. The second-order valence-electron chi connectivity index (χ2n) is 11.0. The second-order valence-corrected chi connectivity index (χ2v) is 15.8. The van der Waals surface area contributed by atoms with Crippen molar-refractivity contribution < 1.29 is 31.4 Å². The van der Waals surface area contributed by atoms with Gasteiger partial charge in [-0.3, -0.25) is 0 Å². The fourth-order valence-corrected chi connectivity index (χ4v) is 5.40. The average Bonchev–Trinajstić information content (AvgIpc) is 3.53. The first-order chi connectivity index (χ1) is 18.3. The lowest BCUT2D eigenvalue weighted by atomic mass is 9.98. The first-order valence-corrected chi connectivity index (χ1v) is 15.3. The first kappa shape index (κ1) is 27.1. The van der Waals surface area contributed by atoms with Crippen molar-refractivity contribution in [3.05, 3.63) is 59.7 Å². The number of hydrogen-bond acceptors (Lipinski definition) is 8. The number of fused-ring (bicyclic) bond motifs is 1. The van der Waals surface area contributed by atoms with Crippen molar-refractivity contribution in [2.75, 3.05) is 6.61 Å². The molecule has 0 radical (unpaired) electrons. The Kier molecular flexibility index (Phi) is 6.68. The molecule has 0 amide bonds. The van der Waals surface area contributed by atoms with Gasteiger partial charge in [0.15, 0.2) is 8.32 Å². The van der Waals surface area contributed by atoms with Crippen molar-refractivity contribution in [3.8, 4) is 40.0 Å². The highest BCUT2D eigenvalue weighted by Crippen LogP contribution is 2.45. The van der Waals surface area contributed by atoms with E-state index in [2.05, 4.69) is 49.2 Å². The quantitative estimate of drug-likeness (QED) is 0.265. The van der Waals surface area contributed by atoms with E-state index < -0.39 is 31.7 Å². The number of benzene rings is 2. The van der Waals surface area contributed by atoms with Gasteiger partial charge in [0.2, 0.25) is 11.6 Å². The molecule has 0 spiro atoms. The first-order valence-electron chi connectivity index (χ1n) is 12.4. The fourth-order valence-electron chi connectivity index (χ4n) is 4.11. The van der Waals surface area contributed by atoms with E-state index in [0.29, 0.717) is 11.3 Å². The summed E-state index contributed by atoms with van der Waals surface area (Å²) in [6.45, 7) is 11.0. The van der Waals surface area contributed by atoms with E-state index in [1.165, 1.54) is 12.1 Å². The molecular weight excluding hydrogens is 529 g/mol. The van der Waals surface area contributed by atoms with Crippen molar-refractivity contribution in [3.63, 3.8) is 0 Å². The summed E-state index contributed by atoms with van der Waals surface area (Å²) < 4.78 is 65.0. The molecule has 2 N–H and O–H groups in total. The van der Waals surface area contributed by atoms with Crippen molar-refractivity contribution >= 4 is 8.32 Å². The van der Waals surface area contributed by atoms with E-state index in [1.54, 1.807) is 30.3 Å². The Hall–Kier alpha value is -3.48. The summed E-state index contributed by atoms with van der Waals surface area (Å²) in [5.74, 6) is -0.472. The molecule has 4 aromatic rings. The maximum Gasteiger partial charge on any atom is 0.422 e. The third kappa shape index (κ3) is 5.11. The van der Waals surface area contributed by atoms with E-state index in [-0.39, 0.29) is 40.9 Å². The standard InChI is InChI=1S/C27H29F3N4O4Si/c1-26(2,3)39(4,5)38-22-17-12-11-16(13-19(17)35-14-18(22)31)24-32-25(37-34-24)23-20(27(28,29)30)21(33-36-23)15-9-7-6-8-10-15/h6-13,18,22H,14,31H2,1-5H3/t18-,22+/m0/s1. The maximum absolute atomic E-state index is 14.1. The van der Waals surface area contributed by atoms with Crippen molar-refractivity contribution in [1.82, 2.24) is 15.3 Å². The summed E-state index contributed by atoms with van der Waals surface area (Å²) in [6.07, 6.45) is -5.13. The largest absolute Gasteiger partial charge is 0.491 e. The van der Waals surface area contributed by atoms with Crippen LogP contribution in [0.1, 0.15) is 38.0 Å². The minimum absolute atomic E-state index is 0.0114. The SMILES string of the molecule is CC(C)(C)[Si](C)(C)O[C@@H]1c2ccc(-c3noc(-c4onc(-c5ccccc5)c4C(F)(F)F)n3)cc2OC[C@@H]1N. The number of nitrogens with zero attached hydrogens (tertiary/aromatic N) is 3. The molecule has 2 atom stereocenters. The normalized spacial score (nSPS) is 18.1. The molecule has 1 aliphatic heterocycles. The maximum atomic E-state index is 14.1. The van der Waals surface area contributed by atoms with E-state index in [9.17, 15) is 13.2 Å². The van der Waals surface area contributed by atoms with E-state index >= 15 is 0 Å². The zero-order valence-electron chi connectivity index (χ0n) is 22.2. The monoisotopic (exact) mass is 558 g/mol. The summed E-state index contributed by atoms with van der Waals surface area (Å²) in [5, 5.41) is 7.55. The molecule has 8 nitrogen and oxygen atoms in total. The summed E-state index contributed by atoms with van der Waals surface area (Å²) in [5.41, 5.74) is 6.47. The van der Waals surface area contributed by atoms with Gasteiger partial charge in [-0.1, -0.05) is 73.5 Å². The van der Waals surface area contributed by atoms with Gasteiger partial charge in [-0.05, 0) is 24.2 Å². The van der Waals surface area contributed by atoms with E-state index in [1.807, 2.05) is 6.07 Å². The van der Waals surface area contributed by atoms with Gasteiger partial charge in [0, 0.05) is 16.7 Å². The van der Waals surface area contributed by atoms with Crippen LogP contribution in [0.2, 0.25) is 18.1 Å². The highest BCUT2D eigenvalue weighted by atomic mass is 28.4. The molecule has 5 rings (SSSR count). The second kappa shape index (κ2) is 9.61. The molecule has 12 heteroatoms. The minimum Gasteiger partial charge on any atom is -0.491 e. The summed E-state index contributed by atoms with van der Waals surface area (Å²) >= 11 is 0. The van der Waals surface area contributed by atoms with E-state index in [4.69, 9.17) is 23.9 Å². The topological polar surface area (TPSA) is 109 Å². The third-order valence-electron chi connectivity index (χ3n) is 7.27. The van der Waals surface area contributed by atoms with Gasteiger partial charge >= 0.3 is 6.18 Å². The Bertz CT molecular complexity index is 1480. The van der Waals surface area contributed by atoms with Gasteiger partial charge in [0.1, 0.15) is 23.6 Å². The minimum atomic E-state index is -4.77. The van der Waals surface area contributed by atoms with Crippen LogP contribution in [0.25, 0.3) is 34.3 Å². The van der Waals surface area contributed by atoms with Gasteiger partial charge in [-0.25, -0.2) is 0 Å². The van der Waals surface area contributed by atoms with E-state index in [0.717, 1.165) is 5.56 Å². The van der Waals surface area contributed by atoms with Crippen LogP contribution in [-0.2, 0) is 10.6 Å². The van der Waals surface area contributed by atoms with Gasteiger partial charge in [-0.2, -0.15) is 18.2 Å². The zero-order chi connectivity index (χ0) is 28.2. The van der Waals surface area contributed by atoms with Crippen LogP contribution < -0.4 is 10.5 Å². The molecule has 0 saturated carbocycles. The molecule has 0 bridgehead atoms. The highest BCUT2D eigenvalue weighted by molar-refractivity contribution is 6.74. The Morgan fingerprint density at radius 1 is 0.974 bits per heavy atom. The molecule has 0 unspecified atom stereocenters. The number of rotatable bonds is 5. The molecule has 39 heavy (non-hydrogen) atoms. The van der Waals surface area contributed by atoms with Gasteiger partial charge in [-0.15, -0.1) is 0 Å². The van der Waals surface area contributed by atoms with Crippen LogP contribution in [-0.4, -0.2) is 36.3 Å². The van der Waals surface area contributed by atoms with Gasteiger partial charge < -0.3 is 23.9 Å². The lowest BCUT2D eigenvalue weighted by molar-refractivity contribution is -0.136. The van der Waals surface area contributed by atoms with Crippen LogP contribution in [0, 0.1) is 0 Å². The Morgan fingerprint density at radius 2 is 1.69 bits per heavy atom.